The zero-order valence-corrected chi connectivity index (χ0v) is 22.0. The van der Waals surface area contributed by atoms with E-state index < -0.39 is 5.91 Å². The standard InChI is InChI=1S/C27H28ClN7O3/c1-4-24(36)34-13-16(11-17(34)14-38-3)35-27(30-2)25(26(29)37)22(33-35)9-8-15-10-23-19(12-20(15)28)18-6-5-7-21(18)31-32-23/h4,10,12,16-17,30H,1,5-7,11,13-14H2,2-3H3,(H2,29,37)/t16-,17+/m0/s1. The molecule has 1 aliphatic carbocycles. The highest BCUT2D eigenvalue weighted by molar-refractivity contribution is 6.32. The summed E-state index contributed by atoms with van der Waals surface area (Å²) in [5.41, 5.74) is 9.63. The first kappa shape index (κ1) is 25.7. The van der Waals surface area contributed by atoms with Crippen LogP contribution in [0.4, 0.5) is 5.82 Å². The van der Waals surface area contributed by atoms with E-state index in [9.17, 15) is 9.59 Å². The molecule has 0 radical (unpaired) electrons. The summed E-state index contributed by atoms with van der Waals surface area (Å²) in [6.45, 7) is 4.35. The van der Waals surface area contributed by atoms with Crippen molar-refractivity contribution in [1.29, 1.82) is 0 Å². The van der Waals surface area contributed by atoms with Crippen LogP contribution in [0.2, 0.25) is 5.02 Å². The van der Waals surface area contributed by atoms with Crippen LogP contribution in [0, 0.1) is 11.8 Å². The maximum Gasteiger partial charge on any atom is 0.255 e. The van der Waals surface area contributed by atoms with E-state index >= 15 is 0 Å². The van der Waals surface area contributed by atoms with Crippen LogP contribution in [0.3, 0.4) is 0 Å². The van der Waals surface area contributed by atoms with E-state index in [1.54, 1.807) is 29.8 Å². The van der Waals surface area contributed by atoms with Crippen LogP contribution in [-0.2, 0) is 22.4 Å². The van der Waals surface area contributed by atoms with Gasteiger partial charge in [-0.2, -0.15) is 15.3 Å². The number of ether oxygens (including phenoxy) is 1. The fourth-order valence-corrected chi connectivity index (χ4v) is 5.63. The second kappa shape index (κ2) is 10.4. The molecule has 0 unspecified atom stereocenters. The van der Waals surface area contributed by atoms with E-state index in [1.165, 1.54) is 11.6 Å². The summed E-state index contributed by atoms with van der Waals surface area (Å²) in [4.78, 5) is 26.6. The van der Waals surface area contributed by atoms with Gasteiger partial charge in [0.25, 0.3) is 5.91 Å². The van der Waals surface area contributed by atoms with Crippen molar-refractivity contribution in [2.75, 3.05) is 32.6 Å². The van der Waals surface area contributed by atoms with Gasteiger partial charge in [-0.25, -0.2) is 4.68 Å². The second-order valence-electron chi connectivity index (χ2n) is 9.40. The minimum absolute atomic E-state index is 0.157. The molecule has 196 valence electrons. The van der Waals surface area contributed by atoms with Crippen LogP contribution in [0.15, 0.2) is 24.8 Å². The topological polar surface area (TPSA) is 128 Å². The Bertz CT molecular complexity index is 1520. The number of rotatable bonds is 6. The van der Waals surface area contributed by atoms with Gasteiger partial charge in [0.1, 0.15) is 11.4 Å². The summed E-state index contributed by atoms with van der Waals surface area (Å²) in [7, 11) is 3.27. The lowest BCUT2D eigenvalue weighted by molar-refractivity contribution is -0.127. The number of hydrogen-bond donors (Lipinski definition) is 2. The number of nitrogens with one attached hydrogen (secondary N) is 1. The van der Waals surface area contributed by atoms with Gasteiger partial charge >= 0.3 is 0 Å². The van der Waals surface area contributed by atoms with Crippen molar-refractivity contribution >= 4 is 40.1 Å². The van der Waals surface area contributed by atoms with Gasteiger partial charge in [-0.05, 0) is 55.4 Å². The molecule has 1 aromatic carbocycles. The van der Waals surface area contributed by atoms with Crippen LogP contribution in [0.1, 0.15) is 51.8 Å². The Morgan fingerprint density at radius 3 is 2.84 bits per heavy atom. The average molecular weight is 534 g/mol. The molecule has 0 spiro atoms. The Balaban J connectivity index is 1.54. The van der Waals surface area contributed by atoms with Crippen molar-refractivity contribution in [2.45, 2.75) is 37.8 Å². The lowest BCUT2D eigenvalue weighted by atomic mass is 10.1. The number of amides is 2. The van der Waals surface area contributed by atoms with Crippen LogP contribution < -0.4 is 11.1 Å². The quantitative estimate of drug-likeness (QED) is 0.368. The number of fused-ring (bicyclic) bond motifs is 3. The number of carbonyl (C=O) groups is 2. The summed E-state index contributed by atoms with van der Waals surface area (Å²) in [6, 6.07) is 3.31. The SMILES string of the molecule is C=CC(=O)N1C[C@@H](n2nc(C#Cc3cc4nnc5c(c4cc3Cl)CCC5)c(C(N)=O)c2NC)C[C@@H]1COC. The number of aryl methyl sites for hydroxylation is 2. The van der Waals surface area contributed by atoms with E-state index in [-0.39, 0.29) is 29.2 Å². The Labute approximate surface area is 225 Å². The van der Waals surface area contributed by atoms with Crippen LogP contribution in [-0.4, -0.2) is 70.0 Å². The van der Waals surface area contributed by atoms with E-state index in [1.807, 2.05) is 6.07 Å². The number of likely N-dealkylation sites (tertiary alicyclic amines) is 1. The third-order valence-corrected chi connectivity index (χ3v) is 7.45. The summed E-state index contributed by atoms with van der Waals surface area (Å²) in [5.74, 6) is 5.61. The Kier molecular flexibility index (Phi) is 7.06. The molecular weight excluding hydrogens is 506 g/mol. The molecular formula is C27H28ClN7O3. The van der Waals surface area contributed by atoms with Crippen molar-refractivity contribution < 1.29 is 14.3 Å². The minimum atomic E-state index is -0.665. The van der Waals surface area contributed by atoms with Gasteiger partial charge < -0.3 is 20.7 Å². The lowest BCUT2D eigenvalue weighted by Crippen LogP contribution is -2.37. The molecule has 0 bridgehead atoms. The van der Waals surface area contributed by atoms with E-state index in [0.717, 1.165) is 35.9 Å². The number of benzene rings is 1. The molecule has 5 rings (SSSR count). The van der Waals surface area contributed by atoms with Gasteiger partial charge in [0, 0.05) is 31.7 Å². The molecule has 38 heavy (non-hydrogen) atoms. The highest BCUT2D eigenvalue weighted by Crippen LogP contribution is 2.33. The van der Waals surface area contributed by atoms with Gasteiger partial charge in [0.05, 0.1) is 34.9 Å². The number of carbonyl (C=O) groups excluding carboxylic acids is 2. The number of methoxy groups -OCH3 is 1. The molecule has 10 nitrogen and oxygen atoms in total. The number of anilines is 1. The number of halogens is 1. The summed E-state index contributed by atoms with van der Waals surface area (Å²) in [6.07, 6.45) is 4.80. The zero-order valence-electron chi connectivity index (χ0n) is 21.3. The van der Waals surface area contributed by atoms with Gasteiger partial charge in [-0.15, -0.1) is 0 Å². The van der Waals surface area contributed by atoms with Crippen molar-refractivity contribution in [3.63, 3.8) is 0 Å². The van der Waals surface area contributed by atoms with Crippen LogP contribution in [0.5, 0.6) is 0 Å². The third-order valence-electron chi connectivity index (χ3n) is 7.14. The average Bonchev–Trinajstić information content (AvgIpc) is 3.63. The second-order valence-corrected chi connectivity index (χ2v) is 9.81. The first-order valence-electron chi connectivity index (χ1n) is 12.4. The van der Waals surface area contributed by atoms with Crippen molar-refractivity contribution in [3.8, 4) is 11.8 Å². The maximum atomic E-state index is 12.5. The van der Waals surface area contributed by atoms with E-state index in [0.29, 0.717) is 36.0 Å². The Morgan fingerprint density at radius 1 is 1.32 bits per heavy atom. The molecule has 3 heterocycles. The van der Waals surface area contributed by atoms with Gasteiger partial charge in [0.15, 0.2) is 5.69 Å². The van der Waals surface area contributed by atoms with Crippen molar-refractivity contribution in [1.82, 2.24) is 24.9 Å². The molecule has 2 aliphatic rings. The molecule has 0 saturated carbocycles. The normalized spacial score (nSPS) is 18.2. The van der Waals surface area contributed by atoms with Crippen LogP contribution >= 0.6 is 11.6 Å². The molecule has 2 aromatic heterocycles. The van der Waals surface area contributed by atoms with Gasteiger partial charge in [-0.3, -0.25) is 9.59 Å². The minimum Gasteiger partial charge on any atom is -0.383 e. The van der Waals surface area contributed by atoms with E-state index in [4.69, 9.17) is 22.1 Å². The molecule has 11 heteroatoms. The number of aromatic nitrogens is 4. The first-order chi connectivity index (χ1) is 18.4. The number of nitrogens with two attached hydrogens (primary N) is 1. The van der Waals surface area contributed by atoms with Gasteiger partial charge in [0.2, 0.25) is 5.91 Å². The fraction of sp³-hybridized carbons (Fsp3) is 0.370. The molecule has 1 saturated heterocycles. The first-order valence-corrected chi connectivity index (χ1v) is 12.8. The smallest absolute Gasteiger partial charge is 0.255 e. The molecule has 3 N–H and O–H groups in total. The molecule has 3 aromatic rings. The molecule has 2 atom stereocenters. The molecule has 2 amide bonds. The predicted octanol–water partition coefficient (Wildman–Crippen LogP) is 2.48. The molecule has 1 aliphatic heterocycles. The summed E-state index contributed by atoms with van der Waals surface area (Å²) in [5, 5.41) is 17.9. The fourth-order valence-electron chi connectivity index (χ4n) is 5.42. The largest absolute Gasteiger partial charge is 0.383 e. The van der Waals surface area contributed by atoms with Crippen molar-refractivity contribution in [2.24, 2.45) is 5.73 Å². The molecule has 1 fully saturated rings. The summed E-state index contributed by atoms with van der Waals surface area (Å²) < 4.78 is 7.00. The summed E-state index contributed by atoms with van der Waals surface area (Å²) >= 11 is 6.61. The van der Waals surface area contributed by atoms with E-state index in [2.05, 4.69) is 39.0 Å². The zero-order chi connectivity index (χ0) is 27.0. The Hall–Kier alpha value is -3.94. The maximum absolute atomic E-state index is 12.5. The number of primary amides is 1. The lowest BCUT2D eigenvalue weighted by Gasteiger charge is -2.22. The number of hydrogen-bond acceptors (Lipinski definition) is 7. The number of nitrogens with zero attached hydrogens (tertiary/aromatic N) is 5. The predicted molar refractivity (Wildman–Crippen MR) is 144 cm³/mol. The third kappa shape index (κ3) is 4.48. The Morgan fingerprint density at radius 2 is 2.13 bits per heavy atom. The highest BCUT2D eigenvalue weighted by Gasteiger charge is 2.37. The monoisotopic (exact) mass is 533 g/mol. The van der Waals surface area contributed by atoms with Crippen LogP contribution in [0.25, 0.3) is 10.9 Å². The van der Waals surface area contributed by atoms with Crippen molar-refractivity contribution in [3.05, 3.63) is 57.9 Å². The highest BCUT2D eigenvalue weighted by atomic mass is 35.5. The van der Waals surface area contributed by atoms with Gasteiger partial charge in [-0.1, -0.05) is 24.1 Å².